The van der Waals surface area contributed by atoms with Crippen LogP contribution in [0.25, 0.3) is 11.8 Å². The van der Waals surface area contributed by atoms with E-state index in [1.54, 1.807) is 24.3 Å². The summed E-state index contributed by atoms with van der Waals surface area (Å²) >= 11 is 0. The highest BCUT2D eigenvalue weighted by Gasteiger charge is 2.33. The van der Waals surface area contributed by atoms with E-state index in [1.807, 2.05) is 0 Å². The van der Waals surface area contributed by atoms with Gasteiger partial charge in [-0.05, 0) is 54.1 Å². The van der Waals surface area contributed by atoms with Crippen molar-refractivity contribution in [2.75, 3.05) is 12.1 Å². The Morgan fingerprint density at radius 3 is 2.28 bits per heavy atom. The molecule has 200 valence electrons. The Morgan fingerprint density at radius 1 is 1.03 bits per heavy atom. The van der Waals surface area contributed by atoms with Gasteiger partial charge in [-0.25, -0.2) is 14.4 Å². The minimum atomic E-state index is -1.08. The lowest BCUT2D eigenvalue weighted by Gasteiger charge is -2.11. The summed E-state index contributed by atoms with van der Waals surface area (Å²) in [6.07, 6.45) is 4.36. The van der Waals surface area contributed by atoms with Gasteiger partial charge in [0.25, 0.3) is 11.5 Å². The maximum absolute atomic E-state index is 13.2. The van der Waals surface area contributed by atoms with Gasteiger partial charge >= 0.3 is 5.97 Å². The summed E-state index contributed by atoms with van der Waals surface area (Å²) in [5, 5.41) is 26.0. The SMILES string of the molecule is COCc1[nH]n(-c2ccc(C(=O)O)cc2)c(=O)c1/C=C/C=C1\C(=O)N(c2ccc(COO)cc2)N=C1C(C)=O. The number of aromatic amines is 1. The molecule has 0 unspecified atom stereocenters. The van der Waals surface area contributed by atoms with Crippen LogP contribution in [0, 0.1) is 0 Å². The summed E-state index contributed by atoms with van der Waals surface area (Å²) < 4.78 is 6.45. The number of allylic oxidation sites excluding steroid dienone is 2. The van der Waals surface area contributed by atoms with E-state index in [1.165, 1.54) is 61.2 Å². The number of methoxy groups -OCH3 is 1. The second-order valence-electron chi connectivity index (χ2n) is 8.43. The maximum Gasteiger partial charge on any atom is 0.335 e. The van der Waals surface area contributed by atoms with Crippen LogP contribution < -0.4 is 10.6 Å². The van der Waals surface area contributed by atoms with Crippen molar-refractivity contribution in [3.8, 4) is 5.69 Å². The van der Waals surface area contributed by atoms with Crippen LogP contribution in [0.3, 0.4) is 0 Å². The molecule has 3 aromatic rings. The zero-order chi connectivity index (χ0) is 28.1. The van der Waals surface area contributed by atoms with Gasteiger partial charge in [-0.1, -0.05) is 18.2 Å². The van der Waals surface area contributed by atoms with Crippen LogP contribution in [0.4, 0.5) is 5.69 Å². The number of amides is 1. The van der Waals surface area contributed by atoms with Crippen molar-refractivity contribution in [3.05, 3.63) is 99.0 Å². The Morgan fingerprint density at radius 2 is 1.69 bits per heavy atom. The first-order valence-corrected chi connectivity index (χ1v) is 11.6. The largest absolute Gasteiger partial charge is 0.478 e. The summed E-state index contributed by atoms with van der Waals surface area (Å²) in [5.41, 5.74) is 1.88. The van der Waals surface area contributed by atoms with Crippen molar-refractivity contribution >= 4 is 35.1 Å². The molecule has 0 bridgehead atoms. The van der Waals surface area contributed by atoms with Gasteiger partial charge in [0.15, 0.2) is 5.78 Å². The topological polar surface area (TPSA) is 164 Å². The number of ether oxygens (including phenoxy) is 1. The van der Waals surface area contributed by atoms with Gasteiger partial charge in [0.2, 0.25) is 0 Å². The van der Waals surface area contributed by atoms with E-state index in [9.17, 15) is 19.2 Å². The molecule has 1 amide bonds. The Kier molecular flexibility index (Phi) is 8.10. The van der Waals surface area contributed by atoms with Crippen LogP contribution in [0.2, 0.25) is 0 Å². The third-order valence-corrected chi connectivity index (χ3v) is 5.82. The summed E-state index contributed by atoms with van der Waals surface area (Å²) in [5.74, 6) is -2.03. The van der Waals surface area contributed by atoms with E-state index < -0.39 is 23.2 Å². The molecule has 12 heteroatoms. The first kappa shape index (κ1) is 27.1. The second-order valence-corrected chi connectivity index (χ2v) is 8.43. The molecule has 0 atom stereocenters. The highest BCUT2D eigenvalue weighted by atomic mass is 17.1. The number of aromatic carboxylic acids is 1. The Hall–Kier alpha value is -4.91. The van der Waals surface area contributed by atoms with Gasteiger partial charge in [-0.2, -0.15) is 10.1 Å². The fourth-order valence-corrected chi connectivity index (χ4v) is 3.91. The Bertz CT molecular complexity index is 1560. The smallest absolute Gasteiger partial charge is 0.335 e. The molecule has 2 heterocycles. The average molecular weight is 533 g/mol. The molecule has 2 aromatic carbocycles. The van der Waals surface area contributed by atoms with Crippen molar-refractivity contribution in [1.82, 2.24) is 9.78 Å². The molecule has 0 radical (unpaired) electrons. The summed E-state index contributed by atoms with van der Waals surface area (Å²) in [6.45, 7) is 1.35. The van der Waals surface area contributed by atoms with Crippen molar-refractivity contribution < 1.29 is 34.4 Å². The van der Waals surface area contributed by atoms with Gasteiger partial charge < -0.3 is 9.84 Å². The van der Waals surface area contributed by atoms with E-state index in [-0.39, 0.29) is 35.6 Å². The Labute approximate surface area is 221 Å². The number of rotatable bonds is 10. The lowest BCUT2D eigenvalue weighted by atomic mass is 10.1. The number of carbonyl (C=O) groups is 3. The number of nitrogens with one attached hydrogen (secondary N) is 1. The second kappa shape index (κ2) is 11.6. The molecule has 0 saturated carbocycles. The quantitative estimate of drug-likeness (QED) is 0.204. The number of nitrogens with zero attached hydrogens (tertiary/aromatic N) is 3. The molecular weight excluding hydrogens is 508 g/mol. The minimum absolute atomic E-state index is 0.0221. The number of carbonyl (C=O) groups excluding carboxylic acids is 2. The molecule has 4 rings (SSSR count). The van der Waals surface area contributed by atoms with E-state index in [0.29, 0.717) is 22.6 Å². The standard InChI is InChI=1S/C27H24N4O8/c1-16(32)24-22(26(34)31(29-24)19-10-6-17(7-11-19)14-39-37)5-3-4-21-23(15-38-2)28-30(25(21)33)20-12-8-18(9-13-20)27(35)36/h3-13,28,37H,14-15H2,1-2H3,(H,35,36)/b4-3+,22-5-. The molecule has 0 aliphatic carbocycles. The van der Waals surface area contributed by atoms with E-state index in [2.05, 4.69) is 15.1 Å². The fourth-order valence-electron chi connectivity index (χ4n) is 3.91. The van der Waals surface area contributed by atoms with Crippen LogP contribution >= 0.6 is 0 Å². The molecule has 39 heavy (non-hydrogen) atoms. The average Bonchev–Trinajstić information content (AvgIpc) is 3.41. The summed E-state index contributed by atoms with van der Waals surface area (Å²) in [7, 11) is 1.47. The molecular formula is C27H24N4O8. The number of hydrogen-bond acceptors (Lipinski definition) is 8. The monoisotopic (exact) mass is 532 g/mol. The zero-order valence-electron chi connectivity index (χ0n) is 21.0. The number of ketones is 1. The highest BCUT2D eigenvalue weighted by molar-refractivity contribution is 6.54. The van der Waals surface area contributed by atoms with E-state index >= 15 is 0 Å². The third kappa shape index (κ3) is 5.67. The van der Waals surface area contributed by atoms with Crippen LogP contribution in [-0.4, -0.2) is 50.6 Å². The van der Waals surface area contributed by atoms with Crippen molar-refractivity contribution in [2.45, 2.75) is 20.1 Å². The van der Waals surface area contributed by atoms with E-state index in [0.717, 1.165) is 5.01 Å². The summed E-state index contributed by atoms with van der Waals surface area (Å²) in [4.78, 5) is 53.8. The zero-order valence-corrected chi connectivity index (χ0v) is 21.0. The molecule has 3 N–H and O–H groups in total. The maximum atomic E-state index is 13.2. The van der Waals surface area contributed by atoms with Gasteiger partial charge in [0.1, 0.15) is 12.3 Å². The first-order chi connectivity index (χ1) is 18.7. The normalized spacial score (nSPS) is 14.4. The van der Waals surface area contributed by atoms with Crippen LogP contribution in [-0.2, 0) is 32.4 Å². The molecule has 1 aliphatic rings. The number of anilines is 1. The van der Waals surface area contributed by atoms with Gasteiger partial charge in [-0.15, -0.1) is 0 Å². The lowest BCUT2D eigenvalue weighted by molar-refractivity contribution is -0.253. The van der Waals surface area contributed by atoms with E-state index in [4.69, 9.17) is 15.1 Å². The molecule has 12 nitrogen and oxygen atoms in total. The number of carboxylic acid groups (broad SMARTS) is 1. The highest BCUT2D eigenvalue weighted by Crippen LogP contribution is 2.25. The van der Waals surface area contributed by atoms with Crippen LogP contribution in [0.15, 0.2) is 76.2 Å². The van der Waals surface area contributed by atoms with Crippen molar-refractivity contribution in [2.24, 2.45) is 5.10 Å². The number of hydrogen-bond donors (Lipinski definition) is 3. The van der Waals surface area contributed by atoms with Crippen molar-refractivity contribution in [1.29, 1.82) is 0 Å². The summed E-state index contributed by atoms with van der Waals surface area (Å²) in [6, 6.07) is 12.3. The number of aromatic nitrogens is 2. The molecule has 1 aliphatic heterocycles. The van der Waals surface area contributed by atoms with Crippen LogP contribution in [0.1, 0.15) is 34.1 Å². The van der Waals surface area contributed by atoms with Crippen molar-refractivity contribution in [3.63, 3.8) is 0 Å². The lowest BCUT2D eigenvalue weighted by Crippen LogP contribution is -2.21. The predicted octanol–water partition coefficient (Wildman–Crippen LogP) is 2.93. The predicted molar refractivity (Wildman–Crippen MR) is 141 cm³/mol. The molecule has 0 fully saturated rings. The molecule has 0 saturated heterocycles. The number of carboxylic acids is 1. The molecule has 1 aromatic heterocycles. The van der Waals surface area contributed by atoms with Crippen LogP contribution in [0.5, 0.6) is 0 Å². The van der Waals surface area contributed by atoms with Gasteiger partial charge in [-0.3, -0.25) is 24.7 Å². The number of Topliss-reactive ketones (excluding diaryl/α,β-unsaturated/α-hetero) is 1. The van der Waals surface area contributed by atoms with Gasteiger partial charge in [0, 0.05) is 14.0 Å². The van der Waals surface area contributed by atoms with Gasteiger partial charge in [0.05, 0.1) is 40.4 Å². The number of hydrazone groups is 1. The first-order valence-electron chi connectivity index (χ1n) is 11.6. The molecule has 0 spiro atoms. The number of benzene rings is 2. The Balaban J connectivity index is 1.65. The minimum Gasteiger partial charge on any atom is -0.478 e. The fraction of sp³-hybridized carbons (Fsp3) is 0.148. The number of H-pyrrole nitrogens is 1. The third-order valence-electron chi connectivity index (χ3n) is 5.82.